The molecule has 0 aliphatic rings. The van der Waals surface area contributed by atoms with Gasteiger partial charge in [0.05, 0.1) is 5.52 Å². The van der Waals surface area contributed by atoms with Gasteiger partial charge in [0.1, 0.15) is 0 Å². The Kier molecular flexibility index (Phi) is 3.50. The number of rotatable bonds is 4. The molecule has 0 spiro atoms. The lowest BCUT2D eigenvalue weighted by molar-refractivity contribution is 0.0688. The number of halogens is 1. The van der Waals surface area contributed by atoms with Gasteiger partial charge in [-0.1, -0.05) is 19.1 Å². The third kappa shape index (κ3) is 2.16. The van der Waals surface area contributed by atoms with E-state index >= 15 is 0 Å². The van der Waals surface area contributed by atoms with Crippen LogP contribution in [0.25, 0.3) is 10.9 Å². The number of aromatic nitrogens is 1. The van der Waals surface area contributed by atoms with E-state index in [1.807, 2.05) is 6.92 Å². The van der Waals surface area contributed by atoms with E-state index in [4.69, 9.17) is 5.11 Å². The van der Waals surface area contributed by atoms with Crippen molar-refractivity contribution in [3.05, 3.63) is 46.0 Å². The number of fused-ring (bicyclic) bond motifs is 1. The lowest BCUT2D eigenvalue weighted by Crippen LogP contribution is -2.28. The number of hydrogen-bond donors (Lipinski definition) is 2. The van der Waals surface area contributed by atoms with Crippen molar-refractivity contribution in [3.63, 3.8) is 0 Å². The van der Waals surface area contributed by atoms with Crippen molar-refractivity contribution < 1.29 is 14.3 Å². The molecule has 100 valence electrons. The summed E-state index contributed by atoms with van der Waals surface area (Å²) in [4.78, 5) is 23.0. The van der Waals surface area contributed by atoms with Gasteiger partial charge in [0.25, 0.3) is 0 Å². The molecule has 6 heteroatoms. The highest BCUT2D eigenvalue weighted by Gasteiger charge is 2.21. The summed E-state index contributed by atoms with van der Waals surface area (Å²) in [6.07, 6.45) is 0.738. The Bertz CT molecular complexity index is 694. The first-order chi connectivity index (χ1) is 9.07. The van der Waals surface area contributed by atoms with Crippen LogP contribution in [0.3, 0.4) is 0 Å². The number of nitrogens with one attached hydrogen (secondary N) is 1. The Morgan fingerprint density at radius 3 is 2.74 bits per heavy atom. The van der Waals surface area contributed by atoms with Gasteiger partial charge in [0.15, 0.2) is 5.56 Å². The maximum Gasteiger partial charge on any atom is 0.344 e. The van der Waals surface area contributed by atoms with Crippen LogP contribution in [0.15, 0.2) is 29.1 Å². The molecule has 0 saturated heterocycles. The highest BCUT2D eigenvalue weighted by atomic mass is 19.1. The Hall–Kier alpha value is -2.37. The number of aromatic carboxylic acids is 1. The zero-order chi connectivity index (χ0) is 14.0. The van der Waals surface area contributed by atoms with Crippen LogP contribution in [0.2, 0.25) is 0 Å². The first-order valence-corrected chi connectivity index (χ1v) is 5.88. The standard InChI is InChI=1S/C13H13FN2O3/c1-2-7-15-16-9-6-4-3-5-8(9)11(17)10(12(16)14)13(18)19/h3-6,15H,2,7H2,1H3,(H,18,19). The predicted molar refractivity (Wildman–Crippen MR) is 69.6 cm³/mol. The van der Waals surface area contributed by atoms with E-state index in [1.165, 1.54) is 6.07 Å². The van der Waals surface area contributed by atoms with Crippen molar-refractivity contribution in [1.29, 1.82) is 0 Å². The van der Waals surface area contributed by atoms with E-state index in [0.717, 1.165) is 11.1 Å². The van der Waals surface area contributed by atoms with Crippen LogP contribution in [0.5, 0.6) is 0 Å². The molecule has 0 radical (unpaired) electrons. The number of hydrogen-bond acceptors (Lipinski definition) is 3. The smallest absolute Gasteiger partial charge is 0.344 e. The first-order valence-electron chi connectivity index (χ1n) is 5.88. The molecule has 19 heavy (non-hydrogen) atoms. The van der Waals surface area contributed by atoms with Gasteiger partial charge in [0.2, 0.25) is 11.4 Å². The van der Waals surface area contributed by atoms with Crippen LogP contribution in [0.1, 0.15) is 23.7 Å². The summed E-state index contributed by atoms with van der Waals surface area (Å²) >= 11 is 0. The minimum atomic E-state index is -1.57. The summed E-state index contributed by atoms with van der Waals surface area (Å²) in [5.41, 5.74) is 1.44. The molecule has 0 saturated carbocycles. The third-order valence-electron chi connectivity index (χ3n) is 2.75. The fourth-order valence-corrected chi connectivity index (χ4v) is 1.87. The average Bonchev–Trinajstić information content (AvgIpc) is 2.38. The van der Waals surface area contributed by atoms with Crippen molar-refractivity contribution >= 4 is 16.9 Å². The van der Waals surface area contributed by atoms with Crippen molar-refractivity contribution in [1.82, 2.24) is 4.68 Å². The van der Waals surface area contributed by atoms with Crippen LogP contribution in [0.4, 0.5) is 4.39 Å². The number of para-hydroxylation sites is 1. The molecule has 5 nitrogen and oxygen atoms in total. The van der Waals surface area contributed by atoms with Gasteiger partial charge >= 0.3 is 5.97 Å². The molecule has 0 aliphatic carbocycles. The SMILES string of the molecule is CCCNn1c(F)c(C(=O)O)c(=O)c2ccccc21. The van der Waals surface area contributed by atoms with E-state index in [0.29, 0.717) is 12.1 Å². The quantitative estimate of drug-likeness (QED) is 0.826. The van der Waals surface area contributed by atoms with E-state index in [2.05, 4.69) is 5.43 Å². The summed E-state index contributed by atoms with van der Waals surface area (Å²) in [6, 6.07) is 6.31. The van der Waals surface area contributed by atoms with Crippen LogP contribution >= 0.6 is 0 Å². The lowest BCUT2D eigenvalue weighted by Gasteiger charge is -2.15. The second kappa shape index (κ2) is 5.09. The number of nitrogens with zero attached hydrogens (tertiary/aromatic N) is 1. The van der Waals surface area contributed by atoms with Crippen LogP contribution in [0, 0.1) is 5.95 Å². The van der Waals surface area contributed by atoms with Gasteiger partial charge in [-0.05, 0) is 18.6 Å². The maximum absolute atomic E-state index is 14.2. The average molecular weight is 264 g/mol. The van der Waals surface area contributed by atoms with Gasteiger partial charge in [-0.3, -0.25) is 4.79 Å². The summed E-state index contributed by atoms with van der Waals surface area (Å²) in [7, 11) is 0. The molecular weight excluding hydrogens is 251 g/mol. The molecule has 0 unspecified atom stereocenters. The summed E-state index contributed by atoms with van der Waals surface area (Å²) in [5.74, 6) is -2.65. The highest BCUT2D eigenvalue weighted by Crippen LogP contribution is 2.14. The van der Waals surface area contributed by atoms with Crippen molar-refractivity contribution in [3.8, 4) is 0 Å². The molecule has 0 bridgehead atoms. The number of carboxylic acid groups (broad SMARTS) is 1. The van der Waals surface area contributed by atoms with Gasteiger partial charge in [-0.15, -0.1) is 0 Å². The fraction of sp³-hybridized carbons (Fsp3) is 0.231. The van der Waals surface area contributed by atoms with E-state index < -0.39 is 22.9 Å². The number of pyridine rings is 1. The van der Waals surface area contributed by atoms with Crippen molar-refractivity contribution in [2.24, 2.45) is 0 Å². The summed E-state index contributed by atoms with van der Waals surface area (Å²) < 4.78 is 15.2. The molecule has 2 rings (SSSR count). The summed E-state index contributed by atoms with van der Waals surface area (Å²) in [5, 5.41) is 9.15. The highest BCUT2D eigenvalue weighted by molar-refractivity contribution is 5.92. The maximum atomic E-state index is 14.2. The fourth-order valence-electron chi connectivity index (χ4n) is 1.87. The molecule has 0 atom stereocenters. The molecule has 2 N–H and O–H groups in total. The van der Waals surface area contributed by atoms with E-state index in [9.17, 15) is 14.0 Å². The lowest BCUT2D eigenvalue weighted by atomic mass is 10.1. The molecule has 0 fully saturated rings. The Balaban J connectivity index is 2.84. The Morgan fingerprint density at radius 1 is 1.42 bits per heavy atom. The number of carboxylic acids is 1. The van der Waals surface area contributed by atoms with Gasteiger partial charge < -0.3 is 10.5 Å². The van der Waals surface area contributed by atoms with Gasteiger partial charge in [-0.2, -0.15) is 4.39 Å². The molecule has 1 aromatic heterocycles. The largest absolute Gasteiger partial charge is 0.477 e. The normalized spacial score (nSPS) is 10.6. The van der Waals surface area contributed by atoms with Crippen molar-refractivity contribution in [2.45, 2.75) is 13.3 Å². The van der Waals surface area contributed by atoms with E-state index in [1.54, 1.807) is 18.2 Å². The van der Waals surface area contributed by atoms with Crippen LogP contribution < -0.4 is 10.9 Å². The molecule has 0 amide bonds. The second-order valence-electron chi connectivity index (χ2n) is 4.06. The Labute approximate surface area is 108 Å². The molecule has 1 aromatic carbocycles. The van der Waals surface area contributed by atoms with Crippen molar-refractivity contribution in [2.75, 3.05) is 12.0 Å². The second-order valence-corrected chi connectivity index (χ2v) is 4.06. The zero-order valence-electron chi connectivity index (χ0n) is 10.3. The minimum Gasteiger partial charge on any atom is -0.477 e. The first kappa shape index (κ1) is 13.1. The summed E-state index contributed by atoms with van der Waals surface area (Å²) in [6.45, 7) is 2.36. The van der Waals surface area contributed by atoms with Crippen LogP contribution in [-0.2, 0) is 0 Å². The number of carbonyl (C=O) groups is 1. The molecular formula is C13H13FN2O3. The van der Waals surface area contributed by atoms with Gasteiger partial charge in [0, 0.05) is 11.9 Å². The molecule has 1 heterocycles. The predicted octanol–water partition coefficient (Wildman–Crippen LogP) is 1.79. The van der Waals surface area contributed by atoms with Gasteiger partial charge in [-0.25, -0.2) is 9.47 Å². The third-order valence-corrected chi connectivity index (χ3v) is 2.75. The Morgan fingerprint density at radius 2 is 2.11 bits per heavy atom. The molecule has 2 aromatic rings. The zero-order valence-corrected chi connectivity index (χ0v) is 10.3. The monoisotopic (exact) mass is 264 g/mol. The minimum absolute atomic E-state index is 0.171. The topological polar surface area (TPSA) is 71.3 Å². The molecule has 0 aliphatic heterocycles. The van der Waals surface area contributed by atoms with Crippen LogP contribution in [-0.4, -0.2) is 22.3 Å². The van der Waals surface area contributed by atoms with E-state index in [-0.39, 0.29) is 5.39 Å². The number of benzene rings is 1.